The van der Waals surface area contributed by atoms with Gasteiger partial charge in [-0.05, 0) is 0 Å². The molecule has 0 unspecified atom stereocenters. The van der Waals surface area contributed by atoms with Gasteiger partial charge >= 0.3 is 6.61 Å². The summed E-state index contributed by atoms with van der Waals surface area (Å²) in [5.74, 6) is -0.290. The molecular weight excluding hydrogens is 220 g/mol. The fourth-order valence-electron chi connectivity index (χ4n) is 0.631. The quantitative estimate of drug-likeness (QED) is 0.478. The van der Waals surface area contributed by atoms with Crippen LogP contribution in [0.1, 0.15) is 5.82 Å². The van der Waals surface area contributed by atoms with E-state index in [2.05, 4.69) is 19.9 Å². The van der Waals surface area contributed by atoms with E-state index in [9.17, 15) is 8.78 Å². The van der Waals surface area contributed by atoms with Gasteiger partial charge in [0.25, 0.3) is 0 Å². The number of alkyl halides is 2. The van der Waals surface area contributed by atoms with Crippen molar-refractivity contribution in [2.45, 2.75) is 6.61 Å². The number of ether oxygens (including phenoxy) is 1. The molecular formula is C6H4ClF2N3O2. The molecule has 0 bridgehead atoms. The maximum absolute atomic E-state index is 11.7. The zero-order chi connectivity index (χ0) is 10.6. The molecule has 0 fully saturated rings. The summed E-state index contributed by atoms with van der Waals surface area (Å²) >= 11 is 5.33. The van der Waals surface area contributed by atoms with Gasteiger partial charge in [0, 0.05) is 0 Å². The molecule has 0 aliphatic carbocycles. The van der Waals surface area contributed by atoms with Crippen LogP contribution < -0.4 is 4.74 Å². The normalized spacial score (nSPS) is 11.9. The Kier molecular flexibility index (Phi) is 3.52. The molecule has 0 amide bonds. The first kappa shape index (κ1) is 10.6. The first-order valence-electron chi connectivity index (χ1n) is 3.28. The van der Waals surface area contributed by atoms with E-state index in [0.29, 0.717) is 0 Å². The number of hydrogen-bond donors (Lipinski definition) is 1. The maximum atomic E-state index is 11.7. The molecule has 0 spiro atoms. The van der Waals surface area contributed by atoms with E-state index in [4.69, 9.17) is 16.8 Å². The summed E-state index contributed by atoms with van der Waals surface area (Å²) in [5, 5.41) is 10.5. The number of rotatable bonds is 3. The highest BCUT2D eigenvalue weighted by atomic mass is 35.5. The van der Waals surface area contributed by atoms with Gasteiger partial charge in [0.1, 0.15) is 0 Å². The lowest BCUT2D eigenvalue weighted by Crippen LogP contribution is -2.05. The smallest absolute Gasteiger partial charge is 0.387 e. The van der Waals surface area contributed by atoms with Crippen LogP contribution in [0.15, 0.2) is 17.5 Å². The Labute approximate surface area is 82.0 Å². The summed E-state index contributed by atoms with van der Waals surface area (Å²) in [4.78, 5) is 7.02. The van der Waals surface area contributed by atoms with Gasteiger partial charge in [0.15, 0.2) is 11.6 Å². The molecule has 0 aromatic carbocycles. The zero-order valence-electron chi connectivity index (χ0n) is 6.56. The molecule has 0 saturated heterocycles. The van der Waals surface area contributed by atoms with E-state index < -0.39 is 6.61 Å². The summed E-state index contributed by atoms with van der Waals surface area (Å²) in [6.07, 6.45) is 1.98. The minimum absolute atomic E-state index is 0.0872. The highest BCUT2D eigenvalue weighted by Crippen LogP contribution is 2.10. The summed E-state index contributed by atoms with van der Waals surface area (Å²) < 4.78 is 27.3. The second-order valence-electron chi connectivity index (χ2n) is 2.01. The molecule has 14 heavy (non-hydrogen) atoms. The van der Waals surface area contributed by atoms with Gasteiger partial charge in [0.2, 0.25) is 5.17 Å². The van der Waals surface area contributed by atoms with Crippen molar-refractivity contribution >= 4 is 16.8 Å². The molecule has 0 radical (unpaired) electrons. The van der Waals surface area contributed by atoms with Crippen molar-refractivity contribution in [2.75, 3.05) is 0 Å². The fraction of sp³-hybridized carbons (Fsp3) is 0.167. The lowest BCUT2D eigenvalue weighted by molar-refractivity contribution is -0.0503. The van der Waals surface area contributed by atoms with Crippen LogP contribution in [0.2, 0.25) is 0 Å². The van der Waals surface area contributed by atoms with Crippen molar-refractivity contribution in [3.05, 3.63) is 18.2 Å². The third-order valence-electron chi connectivity index (χ3n) is 1.13. The number of oxime groups is 1. The van der Waals surface area contributed by atoms with Crippen molar-refractivity contribution in [2.24, 2.45) is 5.16 Å². The minimum Gasteiger partial charge on any atom is -0.432 e. The van der Waals surface area contributed by atoms with Crippen molar-refractivity contribution in [1.82, 2.24) is 9.97 Å². The number of aromatic nitrogens is 2. The summed E-state index contributed by atoms with van der Waals surface area (Å²) in [6.45, 7) is -2.94. The van der Waals surface area contributed by atoms with Gasteiger partial charge in [-0.15, -0.1) is 0 Å². The zero-order valence-corrected chi connectivity index (χ0v) is 7.32. The SMILES string of the molecule is O/N=C(\Cl)c1ncc(OC(F)F)cn1. The lowest BCUT2D eigenvalue weighted by atomic mass is 10.5. The molecule has 1 N–H and O–H groups in total. The Bertz CT molecular complexity index is 330. The van der Waals surface area contributed by atoms with E-state index in [-0.39, 0.29) is 16.7 Å². The third-order valence-corrected chi connectivity index (χ3v) is 1.37. The Balaban J connectivity index is 2.78. The van der Waals surface area contributed by atoms with E-state index in [1.54, 1.807) is 0 Å². The molecule has 0 aliphatic rings. The molecule has 1 heterocycles. The maximum Gasteiger partial charge on any atom is 0.387 e. The summed E-state index contributed by atoms with van der Waals surface area (Å²) in [7, 11) is 0. The van der Waals surface area contributed by atoms with Gasteiger partial charge in [-0.3, -0.25) is 0 Å². The van der Waals surface area contributed by atoms with Gasteiger partial charge in [0.05, 0.1) is 12.4 Å². The van der Waals surface area contributed by atoms with E-state index in [1.165, 1.54) is 0 Å². The monoisotopic (exact) mass is 223 g/mol. The number of nitrogens with zero attached hydrogens (tertiary/aromatic N) is 3. The van der Waals surface area contributed by atoms with Crippen LogP contribution in [0.3, 0.4) is 0 Å². The van der Waals surface area contributed by atoms with Gasteiger partial charge in [-0.25, -0.2) is 9.97 Å². The Morgan fingerprint density at radius 3 is 2.50 bits per heavy atom. The molecule has 1 rings (SSSR count). The second-order valence-corrected chi connectivity index (χ2v) is 2.37. The van der Waals surface area contributed by atoms with Crippen LogP contribution in [0.25, 0.3) is 0 Å². The highest BCUT2D eigenvalue weighted by Gasteiger charge is 2.07. The van der Waals surface area contributed by atoms with Crippen molar-refractivity contribution in [3.8, 4) is 5.75 Å². The first-order valence-corrected chi connectivity index (χ1v) is 3.66. The second kappa shape index (κ2) is 4.66. The molecule has 0 aliphatic heterocycles. The van der Waals surface area contributed by atoms with Gasteiger partial charge in [-0.1, -0.05) is 16.8 Å². The largest absolute Gasteiger partial charge is 0.432 e. The molecule has 5 nitrogen and oxygen atoms in total. The average Bonchev–Trinajstić information content (AvgIpc) is 2.17. The van der Waals surface area contributed by atoms with Crippen LogP contribution in [0, 0.1) is 0 Å². The van der Waals surface area contributed by atoms with E-state index in [0.717, 1.165) is 12.4 Å². The lowest BCUT2D eigenvalue weighted by Gasteiger charge is -2.02. The van der Waals surface area contributed by atoms with Crippen LogP contribution >= 0.6 is 11.6 Å². The Hall–Kier alpha value is -1.50. The molecule has 1 aromatic heterocycles. The predicted molar refractivity (Wildman–Crippen MR) is 42.8 cm³/mol. The number of halogens is 3. The molecule has 0 atom stereocenters. The number of hydrogen-bond acceptors (Lipinski definition) is 5. The first-order chi connectivity index (χ1) is 6.63. The third kappa shape index (κ3) is 2.77. The predicted octanol–water partition coefficient (Wildman–Crippen LogP) is 1.45. The van der Waals surface area contributed by atoms with E-state index >= 15 is 0 Å². The highest BCUT2D eigenvalue weighted by molar-refractivity contribution is 6.68. The summed E-state index contributed by atoms with van der Waals surface area (Å²) in [5.41, 5.74) is 0. The van der Waals surface area contributed by atoms with Crippen LogP contribution in [-0.2, 0) is 0 Å². The molecule has 76 valence electrons. The average molecular weight is 224 g/mol. The Morgan fingerprint density at radius 1 is 1.50 bits per heavy atom. The fourth-order valence-corrected chi connectivity index (χ4v) is 0.729. The van der Waals surface area contributed by atoms with Gasteiger partial charge < -0.3 is 9.94 Å². The van der Waals surface area contributed by atoms with Crippen molar-refractivity contribution < 1.29 is 18.7 Å². The van der Waals surface area contributed by atoms with Crippen molar-refractivity contribution in [3.63, 3.8) is 0 Å². The molecule has 8 heteroatoms. The van der Waals surface area contributed by atoms with Gasteiger partial charge in [-0.2, -0.15) is 8.78 Å². The van der Waals surface area contributed by atoms with Crippen molar-refractivity contribution in [1.29, 1.82) is 0 Å². The molecule has 1 aromatic rings. The minimum atomic E-state index is -2.94. The van der Waals surface area contributed by atoms with Crippen LogP contribution in [-0.4, -0.2) is 27.0 Å². The van der Waals surface area contributed by atoms with Crippen LogP contribution in [0.4, 0.5) is 8.78 Å². The summed E-state index contributed by atoms with van der Waals surface area (Å²) in [6, 6.07) is 0. The van der Waals surface area contributed by atoms with E-state index in [1.807, 2.05) is 0 Å². The standard InChI is InChI=1S/C6H4ClF2N3O2/c7-4(12-13)5-10-1-3(2-11-5)14-6(8)9/h1-2,6,13H/b12-4-. The molecule has 0 saturated carbocycles. The van der Waals surface area contributed by atoms with Crippen LogP contribution in [0.5, 0.6) is 5.75 Å². The Morgan fingerprint density at radius 2 is 2.07 bits per heavy atom. The topological polar surface area (TPSA) is 67.6 Å².